The number of rotatable bonds is 4. The Morgan fingerprint density at radius 3 is 2.58 bits per heavy atom. The highest BCUT2D eigenvalue weighted by molar-refractivity contribution is 9.10. The van der Waals surface area contributed by atoms with Crippen LogP contribution in [0.3, 0.4) is 0 Å². The topological polar surface area (TPSA) is 0 Å². The molecule has 2 aromatic carbocycles. The Labute approximate surface area is 134 Å². The maximum absolute atomic E-state index is 13.8. The van der Waals surface area contributed by atoms with Crippen LogP contribution in [0.15, 0.2) is 46.9 Å². The molecule has 0 radical (unpaired) electrons. The monoisotopic (exact) mass is 404 g/mol. The molecule has 0 aliphatic rings. The Kier molecular flexibility index (Phi) is 5.43. The largest absolute Gasteiger partial charge is 0.207 e. The first-order valence-electron chi connectivity index (χ1n) is 5.86. The van der Waals surface area contributed by atoms with Gasteiger partial charge in [-0.05, 0) is 47.7 Å². The fourth-order valence-electron chi connectivity index (χ4n) is 2.02. The number of benzene rings is 2. The molecule has 19 heavy (non-hydrogen) atoms. The minimum absolute atomic E-state index is 0.198. The van der Waals surface area contributed by atoms with Crippen molar-refractivity contribution in [3.05, 3.63) is 68.9 Å². The second kappa shape index (κ2) is 6.87. The quantitative estimate of drug-likeness (QED) is 0.550. The van der Waals surface area contributed by atoms with Crippen LogP contribution in [0.4, 0.5) is 4.39 Å². The highest BCUT2D eigenvalue weighted by atomic mass is 79.9. The summed E-state index contributed by atoms with van der Waals surface area (Å²) in [6.07, 6.45) is 0.611. The molecular formula is C15H12Br2ClF. The van der Waals surface area contributed by atoms with Gasteiger partial charge in [-0.15, -0.1) is 0 Å². The van der Waals surface area contributed by atoms with Gasteiger partial charge in [0.15, 0.2) is 0 Å². The third-order valence-electron chi connectivity index (χ3n) is 3.01. The van der Waals surface area contributed by atoms with Crippen molar-refractivity contribution in [2.45, 2.75) is 12.3 Å². The molecule has 0 nitrogen and oxygen atoms in total. The fraction of sp³-hybridized carbons (Fsp3) is 0.200. The first-order valence-corrected chi connectivity index (χ1v) is 8.15. The van der Waals surface area contributed by atoms with E-state index in [2.05, 4.69) is 37.9 Å². The molecule has 0 N–H and O–H groups in total. The van der Waals surface area contributed by atoms with E-state index in [4.69, 9.17) is 11.6 Å². The first-order chi connectivity index (χ1) is 9.11. The van der Waals surface area contributed by atoms with E-state index in [0.29, 0.717) is 17.0 Å². The molecule has 0 fully saturated rings. The second-order valence-corrected chi connectivity index (χ2v) is 6.25. The smallest absolute Gasteiger partial charge is 0.126 e. The predicted molar refractivity (Wildman–Crippen MR) is 85.8 cm³/mol. The molecule has 2 aromatic rings. The number of halogens is 4. The molecule has 0 saturated carbocycles. The Morgan fingerprint density at radius 1 is 1.16 bits per heavy atom. The summed E-state index contributed by atoms with van der Waals surface area (Å²) in [5, 5.41) is 1.33. The van der Waals surface area contributed by atoms with Gasteiger partial charge in [0, 0.05) is 14.8 Å². The lowest BCUT2D eigenvalue weighted by Gasteiger charge is -2.17. The van der Waals surface area contributed by atoms with Crippen molar-refractivity contribution in [3.63, 3.8) is 0 Å². The van der Waals surface area contributed by atoms with Crippen LogP contribution in [0.2, 0.25) is 5.02 Å². The molecule has 0 amide bonds. The van der Waals surface area contributed by atoms with E-state index in [0.717, 1.165) is 9.80 Å². The second-order valence-electron chi connectivity index (χ2n) is 4.31. The van der Waals surface area contributed by atoms with Gasteiger partial charge in [0.05, 0.1) is 0 Å². The first kappa shape index (κ1) is 15.0. The minimum atomic E-state index is -0.206. The van der Waals surface area contributed by atoms with Crippen LogP contribution in [0, 0.1) is 5.82 Å². The minimum Gasteiger partial charge on any atom is -0.207 e. The average Bonchev–Trinajstić information content (AvgIpc) is 2.41. The van der Waals surface area contributed by atoms with Gasteiger partial charge in [-0.2, -0.15) is 0 Å². The van der Waals surface area contributed by atoms with Gasteiger partial charge in [0.25, 0.3) is 0 Å². The molecule has 0 spiro atoms. The molecule has 0 bridgehead atoms. The number of alkyl halides is 1. The van der Waals surface area contributed by atoms with Crippen molar-refractivity contribution in [3.8, 4) is 0 Å². The third kappa shape index (κ3) is 3.80. The Morgan fingerprint density at radius 2 is 1.89 bits per heavy atom. The molecule has 0 aliphatic heterocycles. The van der Waals surface area contributed by atoms with Crippen LogP contribution in [-0.2, 0) is 6.42 Å². The van der Waals surface area contributed by atoms with E-state index in [1.54, 1.807) is 12.1 Å². The molecule has 1 unspecified atom stereocenters. The molecule has 2 rings (SSSR count). The number of hydrogen-bond acceptors (Lipinski definition) is 0. The Balaban J connectivity index is 2.29. The van der Waals surface area contributed by atoms with Crippen LogP contribution in [0.5, 0.6) is 0 Å². The van der Waals surface area contributed by atoms with Crippen molar-refractivity contribution in [2.24, 2.45) is 0 Å². The summed E-state index contributed by atoms with van der Waals surface area (Å²) in [5.41, 5.74) is 1.81. The summed E-state index contributed by atoms with van der Waals surface area (Å²) in [6.45, 7) is 0. The fourth-order valence-corrected chi connectivity index (χ4v) is 3.40. The molecule has 0 heterocycles. The molecule has 0 aliphatic carbocycles. The van der Waals surface area contributed by atoms with Gasteiger partial charge < -0.3 is 0 Å². The van der Waals surface area contributed by atoms with E-state index < -0.39 is 0 Å². The van der Waals surface area contributed by atoms with Crippen molar-refractivity contribution in [1.29, 1.82) is 0 Å². The van der Waals surface area contributed by atoms with Gasteiger partial charge >= 0.3 is 0 Å². The van der Waals surface area contributed by atoms with Gasteiger partial charge in [0.1, 0.15) is 5.82 Å². The zero-order valence-corrected chi connectivity index (χ0v) is 14.0. The Hall–Kier alpha value is -0.380. The summed E-state index contributed by atoms with van der Waals surface area (Å²) >= 11 is 13.0. The lowest BCUT2D eigenvalue weighted by molar-refractivity contribution is 0.599. The van der Waals surface area contributed by atoms with Crippen LogP contribution in [0.1, 0.15) is 17.0 Å². The van der Waals surface area contributed by atoms with E-state index in [-0.39, 0.29) is 11.7 Å². The Bertz CT molecular complexity index is 572. The molecule has 0 saturated heterocycles. The summed E-state index contributed by atoms with van der Waals surface area (Å²) in [7, 11) is 0. The molecule has 1 atom stereocenters. The van der Waals surface area contributed by atoms with Crippen molar-refractivity contribution >= 4 is 43.5 Å². The average molecular weight is 407 g/mol. The van der Waals surface area contributed by atoms with Gasteiger partial charge in [-0.3, -0.25) is 0 Å². The summed E-state index contributed by atoms with van der Waals surface area (Å²) in [5.74, 6) is -0.00838. The van der Waals surface area contributed by atoms with Crippen molar-refractivity contribution in [1.82, 2.24) is 0 Å². The lowest BCUT2D eigenvalue weighted by atomic mass is 9.93. The highest BCUT2D eigenvalue weighted by Gasteiger charge is 2.16. The summed E-state index contributed by atoms with van der Waals surface area (Å²) in [4.78, 5) is 0. The van der Waals surface area contributed by atoms with Gasteiger partial charge in [0.2, 0.25) is 0 Å². The normalized spacial score (nSPS) is 12.4. The summed E-state index contributed by atoms with van der Waals surface area (Å²) in [6, 6.07) is 12.7. The lowest BCUT2D eigenvalue weighted by Crippen LogP contribution is -2.06. The van der Waals surface area contributed by atoms with Gasteiger partial charge in [-0.25, -0.2) is 4.39 Å². The van der Waals surface area contributed by atoms with Gasteiger partial charge in [-0.1, -0.05) is 61.7 Å². The van der Waals surface area contributed by atoms with Crippen molar-refractivity contribution < 1.29 is 4.39 Å². The van der Waals surface area contributed by atoms with E-state index in [1.807, 2.05) is 18.2 Å². The van der Waals surface area contributed by atoms with E-state index >= 15 is 0 Å². The van der Waals surface area contributed by atoms with Crippen LogP contribution < -0.4 is 0 Å². The zero-order valence-electron chi connectivity index (χ0n) is 10.0. The number of hydrogen-bond donors (Lipinski definition) is 0. The maximum Gasteiger partial charge on any atom is 0.126 e. The van der Waals surface area contributed by atoms with Crippen LogP contribution in [-0.4, -0.2) is 5.33 Å². The highest BCUT2D eigenvalue weighted by Crippen LogP contribution is 2.30. The van der Waals surface area contributed by atoms with Crippen LogP contribution >= 0.6 is 43.5 Å². The molecule has 0 aromatic heterocycles. The molecule has 100 valence electrons. The standard InChI is InChI=1S/C15H12Br2ClF/c16-9-11(13-3-1-2-4-14(13)17)7-10-8-12(18)5-6-15(10)19/h1-6,8,11H,7,9H2. The zero-order chi connectivity index (χ0) is 13.8. The maximum atomic E-state index is 13.8. The van der Waals surface area contributed by atoms with E-state index in [9.17, 15) is 4.39 Å². The SMILES string of the molecule is Fc1ccc(Cl)cc1CC(CBr)c1ccccc1Br. The van der Waals surface area contributed by atoms with E-state index in [1.165, 1.54) is 11.6 Å². The molecular weight excluding hydrogens is 394 g/mol. The third-order valence-corrected chi connectivity index (χ3v) is 4.74. The van der Waals surface area contributed by atoms with Crippen LogP contribution in [0.25, 0.3) is 0 Å². The van der Waals surface area contributed by atoms with Crippen molar-refractivity contribution in [2.75, 3.05) is 5.33 Å². The predicted octanol–water partition coefficient (Wildman–Crippen LogP) is 5.96. The summed E-state index contributed by atoms with van der Waals surface area (Å²) < 4.78 is 14.8. The molecule has 4 heteroatoms.